The van der Waals surface area contributed by atoms with E-state index in [4.69, 9.17) is 9.47 Å². The van der Waals surface area contributed by atoms with E-state index in [2.05, 4.69) is 20.8 Å². The molecule has 0 bridgehead atoms. The van der Waals surface area contributed by atoms with E-state index < -0.39 is 0 Å². The lowest BCUT2D eigenvalue weighted by atomic mass is 10.2. The number of carbonyl (C=O) groups is 2. The predicted octanol–water partition coefficient (Wildman–Crippen LogP) is 3.59. The second kappa shape index (κ2) is 10.3. The third-order valence-corrected chi connectivity index (χ3v) is 5.94. The van der Waals surface area contributed by atoms with Crippen molar-refractivity contribution in [3.05, 3.63) is 69.7 Å². The summed E-state index contributed by atoms with van der Waals surface area (Å²) < 4.78 is 11.2. The molecule has 1 aliphatic rings. The highest BCUT2D eigenvalue weighted by molar-refractivity contribution is 7.13. The third-order valence-electron chi connectivity index (χ3n) is 5.05. The van der Waals surface area contributed by atoms with Crippen LogP contribution in [-0.4, -0.2) is 41.3 Å². The monoisotopic (exact) mass is 452 g/mol. The van der Waals surface area contributed by atoms with Crippen LogP contribution in [0.2, 0.25) is 0 Å². The Balaban J connectivity index is 1.26. The van der Waals surface area contributed by atoms with E-state index in [-0.39, 0.29) is 29.5 Å². The molecule has 0 radical (unpaired) electrons. The number of carbonyl (C=O) groups excluding carboxylic acids is 2. The second-order valence-electron chi connectivity index (χ2n) is 7.43. The van der Waals surface area contributed by atoms with Crippen molar-refractivity contribution in [1.82, 2.24) is 15.5 Å². The average Bonchev–Trinajstić information content (AvgIpc) is 3.50. The predicted molar refractivity (Wildman–Crippen MR) is 121 cm³/mol. The fourth-order valence-electron chi connectivity index (χ4n) is 3.25. The molecular weight excluding hydrogens is 428 g/mol. The minimum atomic E-state index is -0.304. The van der Waals surface area contributed by atoms with Gasteiger partial charge in [-0.3, -0.25) is 9.59 Å². The molecule has 1 aromatic heterocycles. The molecule has 9 heteroatoms. The maximum absolute atomic E-state index is 12.4. The van der Waals surface area contributed by atoms with E-state index in [9.17, 15) is 9.59 Å². The Morgan fingerprint density at radius 3 is 2.69 bits per heavy atom. The number of ether oxygens (including phenoxy) is 2. The van der Waals surface area contributed by atoms with Crippen molar-refractivity contribution in [3.63, 3.8) is 0 Å². The molecule has 2 aromatic carbocycles. The third kappa shape index (κ3) is 5.68. The first-order chi connectivity index (χ1) is 15.6. The molecule has 8 nitrogen and oxygen atoms in total. The lowest BCUT2D eigenvalue weighted by Gasteiger charge is -2.11. The molecule has 1 aliphatic heterocycles. The SMILES string of the molecule is Cc1ccccc1NC(=O)c1nnc(COc2ccc(C(=O)NC[C@@H]3CCCO3)cc2)s1. The zero-order valence-corrected chi connectivity index (χ0v) is 18.5. The molecular formula is C23H24N4O4S. The van der Waals surface area contributed by atoms with Crippen molar-refractivity contribution in [2.45, 2.75) is 32.5 Å². The van der Waals surface area contributed by atoms with Crippen LogP contribution >= 0.6 is 11.3 Å². The number of nitrogens with zero attached hydrogens (tertiary/aromatic N) is 2. The summed E-state index contributed by atoms with van der Waals surface area (Å²) in [5, 5.41) is 14.6. The number of anilines is 1. The van der Waals surface area contributed by atoms with Gasteiger partial charge in [0.2, 0.25) is 5.01 Å². The summed E-state index contributed by atoms with van der Waals surface area (Å²) in [7, 11) is 0. The molecule has 2 amide bonds. The van der Waals surface area contributed by atoms with E-state index in [1.807, 2.05) is 31.2 Å². The summed E-state index contributed by atoms with van der Waals surface area (Å²) in [6.45, 7) is 3.39. The first kappa shape index (κ1) is 21.9. The number of nitrogens with one attached hydrogen (secondary N) is 2. The van der Waals surface area contributed by atoms with Gasteiger partial charge in [0.05, 0.1) is 6.10 Å². The van der Waals surface area contributed by atoms with Gasteiger partial charge < -0.3 is 20.1 Å². The maximum atomic E-state index is 12.4. The molecule has 1 saturated heterocycles. The second-order valence-corrected chi connectivity index (χ2v) is 8.49. The summed E-state index contributed by atoms with van der Waals surface area (Å²) in [6.07, 6.45) is 2.13. The van der Waals surface area contributed by atoms with Crippen LogP contribution in [0.25, 0.3) is 0 Å². The van der Waals surface area contributed by atoms with Crippen molar-refractivity contribution in [1.29, 1.82) is 0 Å². The molecule has 4 rings (SSSR count). The number of para-hydroxylation sites is 1. The zero-order valence-electron chi connectivity index (χ0n) is 17.7. The number of hydrogen-bond donors (Lipinski definition) is 2. The number of aromatic nitrogens is 2. The molecule has 0 saturated carbocycles. The van der Waals surface area contributed by atoms with E-state index >= 15 is 0 Å². The van der Waals surface area contributed by atoms with Gasteiger partial charge in [-0.2, -0.15) is 0 Å². The smallest absolute Gasteiger partial charge is 0.286 e. The van der Waals surface area contributed by atoms with Gasteiger partial charge in [0.15, 0.2) is 5.01 Å². The standard InChI is InChI=1S/C23H24N4O4S/c1-15-5-2-3-7-19(15)25-22(29)23-27-26-20(32-23)14-31-17-10-8-16(9-11-17)21(28)24-13-18-6-4-12-30-18/h2-3,5,7-11,18H,4,6,12-14H2,1H3,(H,24,28)(H,25,29)/t18-/m0/s1. The lowest BCUT2D eigenvalue weighted by molar-refractivity contribution is 0.0857. The number of rotatable bonds is 8. The van der Waals surface area contributed by atoms with Crippen molar-refractivity contribution >= 4 is 28.8 Å². The molecule has 0 unspecified atom stereocenters. The van der Waals surface area contributed by atoms with Crippen molar-refractivity contribution < 1.29 is 19.1 Å². The van der Waals surface area contributed by atoms with Crippen molar-refractivity contribution in [3.8, 4) is 5.75 Å². The summed E-state index contributed by atoms with van der Waals surface area (Å²) in [6, 6.07) is 14.4. The van der Waals surface area contributed by atoms with Crippen LogP contribution in [0.1, 0.15) is 43.6 Å². The fourth-order valence-corrected chi connectivity index (χ4v) is 3.90. The summed E-state index contributed by atoms with van der Waals surface area (Å²) in [5.41, 5.74) is 2.27. The first-order valence-corrected chi connectivity index (χ1v) is 11.2. The van der Waals surface area contributed by atoms with Crippen LogP contribution in [0.5, 0.6) is 5.75 Å². The summed E-state index contributed by atoms with van der Waals surface area (Å²) >= 11 is 1.18. The van der Waals surface area contributed by atoms with Gasteiger partial charge in [0, 0.05) is 24.4 Å². The molecule has 166 valence electrons. The van der Waals surface area contributed by atoms with Crippen LogP contribution in [0.15, 0.2) is 48.5 Å². The molecule has 0 aliphatic carbocycles. The topological polar surface area (TPSA) is 102 Å². The maximum Gasteiger partial charge on any atom is 0.286 e. The Hall–Kier alpha value is -3.30. The highest BCUT2D eigenvalue weighted by atomic mass is 32.1. The Morgan fingerprint density at radius 1 is 1.12 bits per heavy atom. The van der Waals surface area contributed by atoms with Gasteiger partial charge in [0.1, 0.15) is 12.4 Å². The molecule has 1 fully saturated rings. The zero-order chi connectivity index (χ0) is 22.3. The van der Waals surface area contributed by atoms with Gasteiger partial charge in [-0.05, 0) is 55.7 Å². The van der Waals surface area contributed by atoms with E-state index in [0.717, 1.165) is 30.7 Å². The fraction of sp³-hybridized carbons (Fsp3) is 0.304. The largest absolute Gasteiger partial charge is 0.486 e. The molecule has 1 atom stereocenters. The van der Waals surface area contributed by atoms with E-state index in [1.165, 1.54) is 11.3 Å². The Bertz CT molecular complexity index is 1080. The Kier molecular flexibility index (Phi) is 7.08. The Labute approximate surface area is 190 Å². The highest BCUT2D eigenvalue weighted by Gasteiger charge is 2.17. The molecule has 3 aromatic rings. The number of aryl methyl sites for hydroxylation is 1. The first-order valence-electron chi connectivity index (χ1n) is 10.4. The lowest BCUT2D eigenvalue weighted by Crippen LogP contribution is -2.31. The van der Waals surface area contributed by atoms with E-state index in [1.54, 1.807) is 24.3 Å². The average molecular weight is 453 g/mol. The van der Waals surface area contributed by atoms with Gasteiger partial charge >= 0.3 is 0 Å². The minimum absolute atomic E-state index is 0.108. The van der Waals surface area contributed by atoms with Crippen molar-refractivity contribution in [2.24, 2.45) is 0 Å². The minimum Gasteiger partial charge on any atom is -0.486 e. The number of benzene rings is 2. The number of amides is 2. The normalized spacial score (nSPS) is 15.3. The van der Waals surface area contributed by atoms with E-state index in [0.29, 0.717) is 22.9 Å². The van der Waals surface area contributed by atoms with Crippen LogP contribution in [0.3, 0.4) is 0 Å². The molecule has 2 heterocycles. The molecule has 0 spiro atoms. The van der Waals surface area contributed by atoms with Gasteiger partial charge in [-0.1, -0.05) is 29.5 Å². The van der Waals surface area contributed by atoms with Crippen molar-refractivity contribution in [2.75, 3.05) is 18.5 Å². The van der Waals surface area contributed by atoms with Crippen LogP contribution in [0, 0.1) is 6.92 Å². The highest BCUT2D eigenvalue weighted by Crippen LogP contribution is 2.19. The summed E-state index contributed by atoms with van der Waals surface area (Å²) in [4.78, 5) is 24.7. The molecule has 2 N–H and O–H groups in total. The van der Waals surface area contributed by atoms with Crippen LogP contribution in [0.4, 0.5) is 5.69 Å². The Morgan fingerprint density at radius 2 is 1.94 bits per heavy atom. The molecule has 32 heavy (non-hydrogen) atoms. The summed E-state index contributed by atoms with van der Waals surface area (Å²) in [5.74, 6) is 0.156. The van der Waals surface area contributed by atoms with Crippen LogP contribution < -0.4 is 15.4 Å². The quantitative estimate of drug-likeness (QED) is 0.542. The van der Waals surface area contributed by atoms with Gasteiger partial charge in [-0.25, -0.2) is 0 Å². The van der Waals surface area contributed by atoms with Crippen LogP contribution in [-0.2, 0) is 11.3 Å². The van der Waals surface area contributed by atoms with Gasteiger partial charge in [-0.15, -0.1) is 10.2 Å². The van der Waals surface area contributed by atoms with Gasteiger partial charge in [0.25, 0.3) is 11.8 Å². The number of hydrogen-bond acceptors (Lipinski definition) is 7.